The normalized spacial score (nSPS) is 12.6. The molecule has 1 aromatic carbocycles. The molecule has 0 aliphatic rings. The van der Waals surface area contributed by atoms with E-state index in [-0.39, 0.29) is 23.2 Å². The van der Waals surface area contributed by atoms with E-state index in [1.54, 1.807) is 19.1 Å². The highest BCUT2D eigenvalue weighted by Gasteiger charge is 2.12. The molecule has 0 saturated heterocycles. The van der Waals surface area contributed by atoms with Crippen LogP contribution in [0.2, 0.25) is 0 Å². The minimum Gasteiger partial charge on any atom is -0.282 e. The Morgan fingerprint density at radius 3 is 2.18 bits per heavy atom. The van der Waals surface area contributed by atoms with Crippen molar-refractivity contribution in [3.8, 4) is 0 Å². The van der Waals surface area contributed by atoms with Gasteiger partial charge in [-0.1, -0.05) is 19.1 Å². The summed E-state index contributed by atoms with van der Waals surface area (Å²) in [6, 6.07) is 5.66. The SMILES string of the molecule is C[C@H](Cc1ccc(S(=O)(=O)O)cc1)C(=O)Cl.Cl. The van der Waals surface area contributed by atoms with E-state index < -0.39 is 15.4 Å². The van der Waals surface area contributed by atoms with E-state index in [1.807, 2.05) is 0 Å². The Morgan fingerprint density at radius 1 is 1.35 bits per heavy atom. The zero-order valence-corrected chi connectivity index (χ0v) is 11.3. The molecule has 1 aromatic rings. The highest BCUT2D eigenvalue weighted by molar-refractivity contribution is 7.85. The molecule has 0 unspecified atom stereocenters. The second kappa shape index (κ2) is 6.35. The van der Waals surface area contributed by atoms with Crippen molar-refractivity contribution < 1.29 is 17.8 Å². The predicted molar refractivity (Wildman–Crippen MR) is 67.2 cm³/mol. The van der Waals surface area contributed by atoms with E-state index in [0.717, 1.165) is 5.56 Å². The van der Waals surface area contributed by atoms with Gasteiger partial charge in [0.2, 0.25) is 5.24 Å². The van der Waals surface area contributed by atoms with E-state index in [4.69, 9.17) is 16.2 Å². The lowest BCUT2D eigenvalue weighted by molar-refractivity contribution is -0.114. The van der Waals surface area contributed by atoms with Crippen molar-refractivity contribution >= 4 is 39.4 Å². The van der Waals surface area contributed by atoms with Gasteiger partial charge in [0.15, 0.2) is 0 Å². The van der Waals surface area contributed by atoms with Crippen molar-refractivity contribution in [3.05, 3.63) is 29.8 Å². The number of hydrogen-bond donors (Lipinski definition) is 1. The van der Waals surface area contributed by atoms with E-state index >= 15 is 0 Å². The number of rotatable bonds is 4. The molecule has 0 amide bonds. The third-order valence-corrected chi connectivity index (χ3v) is 3.39. The summed E-state index contributed by atoms with van der Waals surface area (Å²) in [5.41, 5.74) is 0.786. The fourth-order valence-electron chi connectivity index (χ4n) is 1.23. The van der Waals surface area contributed by atoms with Gasteiger partial charge in [0.25, 0.3) is 10.1 Å². The Balaban J connectivity index is 0.00000256. The topological polar surface area (TPSA) is 71.4 Å². The summed E-state index contributed by atoms with van der Waals surface area (Å²) in [5.74, 6) is -0.321. The summed E-state index contributed by atoms with van der Waals surface area (Å²) < 4.78 is 30.3. The van der Waals surface area contributed by atoms with Gasteiger partial charge in [0, 0.05) is 5.92 Å². The number of benzene rings is 1. The summed E-state index contributed by atoms with van der Waals surface area (Å²) in [7, 11) is -4.16. The average molecular weight is 299 g/mol. The van der Waals surface area contributed by atoms with Gasteiger partial charge in [0.1, 0.15) is 0 Å². The predicted octanol–water partition coefficient (Wildman–Crippen LogP) is 2.30. The van der Waals surface area contributed by atoms with Crippen molar-refractivity contribution in [2.24, 2.45) is 5.92 Å². The lowest BCUT2D eigenvalue weighted by Gasteiger charge is -2.06. The van der Waals surface area contributed by atoms with Crippen molar-refractivity contribution in [2.45, 2.75) is 18.2 Å². The van der Waals surface area contributed by atoms with Gasteiger partial charge in [-0.2, -0.15) is 8.42 Å². The highest BCUT2D eigenvalue weighted by atomic mass is 35.5. The molecular formula is C10H12Cl2O4S. The Bertz CT molecular complexity index is 482. The molecule has 4 nitrogen and oxygen atoms in total. The van der Waals surface area contributed by atoms with Crippen LogP contribution in [0.5, 0.6) is 0 Å². The number of hydrogen-bond acceptors (Lipinski definition) is 3. The quantitative estimate of drug-likeness (QED) is 0.684. The molecule has 7 heteroatoms. The second-order valence-corrected chi connectivity index (χ2v) is 5.32. The van der Waals surface area contributed by atoms with Crippen LogP contribution in [0, 0.1) is 5.92 Å². The van der Waals surface area contributed by atoms with Crippen LogP contribution in [0.3, 0.4) is 0 Å². The fraction of sp³-hybridized carbons (Fsp3) is 0.300. The van der Waals surface area contributed by atoms with Gasteiger partial charge < -0.3 is 0 Å². The zero-order valence-electron chi connectivity index (χ0n) is 8.96. The molecule has 0 heterocycles. The van der Waals surface area contributed by atoms with Crippen molar-refractivity contribution in [3.63, 3.8) is 0 Å². The average Bonchev–Trinajstić information content (AvgIpc) is 2.17. The lowest BCUT2D eigenvalue weighted by atomic mass is 10.0. The van der Waals surface area contributed by atoms with Gasteiger partial charge >= 0.3 is 0 Å². The van der Waals surface area contributed by atoms with Crippen LogP contribution in [0.4, 0.5) is 0 Å². The maximum atomic E-state index is 10.8. The highest BCUT2D eigenvalue weighted by Crippen LogP contribution is 2.14. The van der Waals surface area contributed by atoms with E-state index in [0.29, 0.717) is 6.42 Å². The molecule has 1 atom stereocenters. The Kier molecular flexibility index (Phi) is 6.12. The van der Waals surface area contributed by atoms with Crippen molar-refractivity contribution in [2.75, 3.05) is 0 Å². The van der Waals surface area contributed by atoms with Crippen LogP contribution in [-0.4, -0.2) is 18.2 Å². The largest absolute Gasteiger partial charge is 0.294 e. The summed E-state index contributed by atoms with van der Waals surface area (Å²) in [6.07, 6.45) is 0.439. The lowest BCUT2D eigenvalue weighted by Crippen LogP contribution is -2.07. The van der Waals surface area contributed by atoms with Crippen LogP contribution in [-0.2, 0) is 21.3 Å². The Hall–Kier alpha value is -0.620. The van der Waals surface area contributed by atoms with Gasteiger partial charge in [-0.05, 0) is 35.7 Å². The molecule has 17 heavy (non-hydrogen) atoms. The number of carbonyl (C=O) groups excluding carboxylic acids is 1. The van der Waals surface area contributed by atoms with Crippen LogP contribution in [0.15, 0.2) is 29.2 Å². The van der Waals surface area contributed by atoms with E-state index in [2.05, 4.69) is 0 Å². The van der Waals surface area contributed by atoms with Gasteiger partial charge in [-0.3, -0.25) is 9.35 Å². The molecule has 0 fully saturated rings. The Morgan fingerprint density at radius 2 is 1.82 bits per heavy atom. The van der Waals surface area contributed by atoms with E-state index in [1.165, 1.54) is 12.1 Å². The minimum atomic E-state index is -4.16. The van der Waals surface area contributed by atoms with Crippen LogP contribution in [0.25, 0.3) is 0 Å². The molecule has 96 valence electrons. The minimum absolute atomic E-state index is 0. The van der Waals surface area contributed by atoms with Gasteiger partial charge in [-0.15, -0.1) is 12.4 Å². The molecule has 0 aromatic heterocycles. The molecular weight excluding hydrogens is 287 g/mol. The number of halogens is 2. The molecule has 0 saturated carbocycles. The molecule has 1 rings (SSSR count). The summed E-state index contributed by atoms with van der Waals surface area (Å²) >= 11 is 5.31. The molecule has 0 bridgehead atoms. The number of carbonyl (C=O) groups is 1. The van der Waals surface area contributed by atoms with Crippen LogP contribution >= 0.6 is 24.0 Å². The first kappa shape index (κ1) is 16.4. The summed E-state index contributed by atoms with van der Waals surface area (Å²) in [4.78, 5) is 10.6. The third kappa shape index (κ3) is 5.04. The monoisotopic (exact) mass is 298 g/mol. The molecule has 0 radical (unpaired) electrons. The van der Waals surface area contributed by atoms with Crippen LogP contribution < -0.4 is 0 Å². The van der Waals surface area contributed by atoms with Crippen molar-refractivity contribution in [1.29, 1.82) is 0 Å². The summed E-state index contributed by atoms with van der Waals surface area (Å²) in [6.45, 7) is 1.69. The maximum absolute atomic E-state index is 10.8. The maximum Gasteiger partial charge on any atom is 0.294 e. The third-order valence-electron chi connectivity index (χ3n) is 2.15. The van der Waals surface area contributed by atoms with Gasteiger partial charge in [0.05, 0.1) is 4.90 Å². The standard InChI is InChI=1S/C10H11ClO4S.ClH/c1-7(10(11)12)6-8-2-4-9(5-3-8)16(13,14)15;/h2-5,7H,6H2,1H3,(H,13,14,15);1H/t7-;/m1./s1. The fourth-order valence-corrected chi connectivity index (χ4v) is 1.79. The second-order valence-electron chi connectivity index (χ2n) is 3.53. The Labute approximate surface area is 111 Å². The first-order valence-electron chi connectivity index (χ1n) is 4.56. The summed E-state index contributed by atoms with van der Waals surface area (Å²) in [5, 5.41) is -0.432. The molecule has 0 aliphatic heterocycles. The zero-order chi connectivity index (χ0) is 12.3. The molecule has 1 N–H and O–H groups in total. The molecule has 0 aliphatic carbocycles. The van der Waals surface area contributed by atoms with E-state index in [9.17, 15) is 13.2 Å². The smallest absolute Gasteiger partial charge is 0.282 e. The van der Waals surface area contributed by atoms with Crippen LogP contribution in [0.1, 0.15) is 12.5 Å². The first-order valence-corrected chi connectivity index (χ1v) is 6.38. The molecule has 0 spiro atoms. The van der Waals surface area contributed by atoms with Gasteiger partial charge in [-0.25, -0.2) is 0 Å². The van der Waals surface area contributed by atoms with Crippen molar-refractivity contribution in [1.82, 2.24) is 0 Å². The first-order chi connectivity index (χ1) is 7.30.